The van der Waals surface area contributed by atoms with E-state index in [9.17, 15) is 4.39 Å². The Bertz CT molecular complexity index is 795. The van der Waals surface area contributed by atoms with Gasteiger partial charge in [0.25, 0.3) is 0 Å². The van der Waals surface area contributed by atoms with Crippen LogP contribution in [-0.4, -0.2) is 11.5 Å². The molecule has 2 aromatic carbocycles. The average Bonchev–Trinajstić information content (AvgIpc) is 2.88. The summed E-state index contributed by atoms with van der Waals surface area (Å²) in [5.41, 5.74) is 8.96. The molecule has 0 saturated heterocycles. The zero-order valence-electron chi connectivity index (χ0n) is 12.2. The first-order valence-corrected chi connectivity index (χ1v) is 7.84. The Morgan fingerprint density at radius 1 is 1.05 bits per heavy atom. The molecule has 0 saturated carbocycles. The molecule has 0 radical (unpaired) electrons. The first kappa shape index (κ1) is 15.1. The van der Waals surface area contributed by atoms with E-state index < -0.39 is 0 Å². The molecule has 3 aromatic rings. The second-order valence-corrected chi connectivity index (χ2v) is 5.77. The Balaban J connectivity index is 2.17. The molecule has 1 aromatic heterocycles. The number of aromatic amines is 1. The summed E-state index contributed by atoms with van der Waals surface area (Å²) in [4.78, 5) is 3.31. The number of para-hydroxylation sites is 1. The fraction of sp³-hybridized carbons (Fsp3) is 0.222. The zero-order chi connectivity index (χ0) is 15.5. The maximum Gasteiger partial charge on any atom is 0.132 e. The third kappa shape index (κ3) is 2.74. The number of halogens is 2. The van der Waals surface area contributed by atoms with Crippen molar-refractivity contribution in [2.24, 2.45) is 5.73 Å². The predicted molar refractivity (Wildman–Crippen MR) is 90.7 cm³/mol. The van der Waals surface area contributed by atoms with Gasteiger partial charge in [-0.05, 0) is 49.6 Å². The Kier molecular flexibility index (Phi) is 4.46. The van der Waals surface area contributed by atoms with Gasteiger partial charge in [0.1, 0.15) is 5.82 Å². The molecule has 22 heavy (non-hydrogen) atoms. The number of hydrogen-bond donors (Lipinski definition) is 2. The maximum atomic E-state index is 14.2. The van der Waals surface area contributed by atoms with Gasteiger partial charge in [-0.2, -0.15) is 0 Å². The van der Waals surface area contributed by atoms with E-state index in [0.29, 0.717) is 17.1 Å². The van der Waals surface area contributed by atoms with E-state index in [0.717, 1.165) is 41.4 Å². The van der Waals surface area contributed by atoms with Crippen molar-refractivity contribution in [2.45, 2.75) is 19.3 Å². The normalized spacial score (nSPS) is 11.2. The van der Waals surface area contributed by atoms with E-state index in [2.05, 4.69) is 4.98 Å². The lowest BCUT2D eigenvalue weighted by atomic mass is 10.00. The molecule has 4 heteroatoms. The highest BCUT2D eigenvalue weighted by Crippen LogP contribution is 2.35. The second-order valence-electron chi connectivity index (χ2n) is 5.37. The monoisotopic (exact) mass is 316 g/mol. The summed E-state index contributed by atoms with van der Waals surface area (Å²) in [6, 6.07) is 12.6. The van der Waals surface area contributed by atoms with Crippen LogP contribution >= 0.6 is 11.6 Å². The molecular weight excluding hydrogens is 299 g/mol. The molecule has 0 atom stereocenters. The minimum Gasteiger partial charge on any atom is -0.353 e. The number of hydrogen-bond acceptors (Lipinski definition) is 1. The largest absolute Gasteiger partial charge is 0.353 e. The summed E-state index contributed by atoms with van der Waals surface area (Å²) < 4.78 is 14.2. The van der Waals surface area contributed by atoms with Crippen LogP contribution in [0.3, 0.4) is 0 Å². The van der Waals surface area contributed by atoms with Gasteiger partial charge in [-0.25, -0.2) is 4.39 Å². The fourth-order valence-electron chi connectivity index (χ4n) is 2.84. The predicted octanol–water partition coefficient (Wildman–Crippen LogP) is 4.91. The SMILES string of the molecule is NCCCCc1c(-c2ccccc2F)[nH]c2c(Cl)cccc12. The van der Waals surface area contributed by atoms with Gasteiger partial charge in [-0.15, -0.1) is 0 Å². The number of aryl methyl sites for hydroxylation is 1. The first-order chi connectivity index (χ1) is 10.7. The minimum atomic E-state index is -0.231. The van der Waals surface area contributed by atoms with Crippen LogP contribution in [0.4, 0.5) is 4.39 Å². The van der Waals surface area contributed by atoms with Crippen LogP contribution in [0.5, 0.6) is 0 Å². The zero-order valence-corrected chi connectivity index (χ0v) is 13.0. The molecule has 0 bridgehead atoms. The van der Waals surface area contributed by atoms with Gasteiger partial charge in [-0.1, -0.05) is 35.9 Å². The molecule has 1 heterocycles. The van der Waals surface area contributed by atoms with E-state index in [-0.39, 0.29) is 5.82 Å². The molecular formula is C18H18ClFN2. The summed E-state index contributed by atoms with van der Waals surface area (Å²) in [7, 11) is 0. The quantitative estimate of drug-likeness (QED) is 0.645. The summed E-state index contributed by atoms with van der Waals surface area (Å²) in [5, 5.41) is 1.71. The highest BCUT2D eigenvalue weighted by atomic mass is 35.5. The number of nitrogens with two attached hydrogens (primary N) is 1. The van der Waals surface area contributed by atoms with Crippen LogP contribution in [-0.2, 0) is 6.42 Å². The summed E-state index contributed by atoms with van der Waals surface area (Å²) in [6.07, 6.45) is 2.77. The van der Waals surface area contributed by atoms with Crippen molar-refractivity contribution in [1.29, 1.82) is 0 Å². The molecule has 3 N–H and O–H groups in total. The van der Waals surface area contributed by atoms with Crippen molar-refractivity contribution < 1.29 is 4.39 Å². The maximum absolute atomic E-state index is 14.2. The van der Waals surface area contributed by atoms with E-state index in [1.165, 1.54) is 6.07 Å². The lowest BCUT2D eigenvalue weighted by molar-refractivity contribution is 0.630. The lowest BCUT2D eigenvalue weighted by Crippen LogP contribution is -1.99. The number of aromatic nitrogens is 1. The fourth-order valence-corrected chi connectivity index (χ4v) is 3.06. The molecule has 2 nitrogen and oxygen atoms in total. The number of H-pyrrole nitrogens is 1. The third-order valence-electron chi connectivity index (χ3n) is 3.91. The molecule has 0 aliphatic rings. The smallest absolute Gasteiger partial charge is 0.132 e. The van der Waals surface area contributed by atoms with Gasteiger partial charge in [0, 0.05) is 10.9 Å². The van der Waals surface area contributed by atoms with Crippen LogP contribution in [0.25, 0.3) is 22.2 Å². The molecule has 3 rings (SSSR count). The van der Waals surface area contributed by atoms with Gasteiger partial charge in [0.2, 0.25) is 0 Å². The second kappa shape index (κ2) is 6.51. The topological polar surface area (TPSA) is 41.8 Å². The summed E-state index contributed by atoms with van der Waals surface area (Å²) in [6.45, 7) is 0.665. The van der Waals surface area contributed by atoms with Crippen LogP contribution in [0.15, 0.2) is 42.5 Å². The number of rotatable bonds is 5. The van der Waals surface area contributed by atoms with Gasteiger partial charge in [0.15, 0.2) is 0 Å². The number of fused-ring (bicyclic) bond motifs is 1. The molecule has 0 aliphatic heterocycles. The number of benzene rings is 2. The molecule has 0 fully saturated rings. The van der Waals surface area contributed by atoms with Gasteiger partial charge < -0.3 is 10.7 Å². The van der Waals surface area contributed by atoms with Crippen LogP contribution in [0.2, 0.25) is 5.02 Å². The van der Waals surface area contributed by atoms with Crippen molar-refractivity contribution in [3.63, 3.8) is 0 Å². The Morgan fingerprint density at radius 3 is 2.64 bits per heavy atom. The highest BCUT2D eigenvalue weighted by molar-refractivity contribution is 6.35. The van der Waals surface area contributed by atoms with Crippen molar-refractivity contribution in [1.82, 2.24) is 4.98 Å². The number of unbranched alkanes of at least 4 members (excludes halogenated alkanes) is 1. The van der Waals surface area contributed by atoms with E-state index in [1.54, 1.807) is 12.1 Å². The van der Waals surface area contributed by atoms with E-state index in [4.69, 9.17) is 17.3 Å². The van der Waals surface area contributed by atoms with Gasteiger partial charge in [0.05, 0.1) is 16.2 Å². The standard InChI is InChI=1S/C18H18ClFN2/c19-15-9-5-8-13-12(6-3-4-11-21)17(22-18(13)15)14-7-1-2-10-16(14)20/h1-2,5,7-10,22H,3-4,6,11,21H2. The average molecular weight is 317 g/mol. The van der Waals surface area contributed by atoms with Crippen LogP contribution < -0.4 is 5.73 Å². The molecule has 0 spiro atoms. The van der Waals surface area contributed by atoms with Crippen molar-refractivity contribution >= 4 is 22.5 Å². The summed E-state index contributed by atoms with van der Waals surface area (Å²) in [5.74, 6) is -0.231. The molecule has 0 amide bonds. The van der Waals surface area contributed by atoms with E-state index in [1.807, 2.05) is 24.3 Å². The summed E-state index contributed by atoms with van der Waals surface area (Å²) >= 11 is 6.29. The van der Waals surface area contributed by atoms with Gasteiger partial charge in [-0.3, -0.25) is 0 Å². The Labute approximate surface area is 134 Å². The van der Waals surface area contributed by atoms with Crippen molar-refractivity contribution in [3.8, 4) is 11.3 Å². The van der Waals surface area contributed by atoms with Crippen molar-refractivity contribution in [3.05, 3.63) is 58.9 Å². The lowest BCUT2D eigenvalue weighted by Gasteiger charge is -2.06. The molecule has 114 valence electrons. The third-order valence-corrected chi connectivity index (χ3v) is 4.23. The van der Waals surface area contributed by atoms with Crippen molar-refractivity contribution in [2.75, 3.05) is 6.54 Å². The molecule has 0 unspecified atom stereocenters. The van der Waals surface area contributed by atoms with Gasteiger partial charge >= 0.3 is 0 Å². The highest BCUT2D eigenvalue weighted by Gasteiger charge is 2.16. The Hall–Kier alpha value is -1.84. The van der Waals surface area contributed by atoms with Crippen LogP contribution in [0.1, 0.15) is 18.4 Å². The van der Waals surface area contributed by atoms with E-state index >= 15 is 0 Å². The molecule has 0 aliphatic carbocycles. The minimum absolute atomic E-state index is 0.231. The first-order valence-electron chi connectivity index (χ1n) is 7.46. The van der Waals surface area contributed by atoms with Crippen LogP contribution in [0, 0.1) is 5.82 Å². The number of nitrogens with one attached hydrogen (secondary N) is 1. The Morgan fingerprint density at radius 2 is 1.86 bits per heavy atom.